The molecule has 0 atom stereocenters. The lowest BCUT2D eigenvalue weighted by Crippen LogP contribution is -2.01. The van der Waals surface area contributed by atoms with Crippen LogP contribution in [0.1, 0.15) is 19.8 Å². The van der Waals surface area contributed by atoms with Gasteiger partial charge in [-0.05, 0) is 37.6 Å². The van der Waals surface area contributed by atoms with Crippen molar-refractivity contribution in [3.63, 3.8) is 0 Å². The number of hydrogen-bond acceptors (Lipinski definition) is 6. The van der Waals surface area contributed by atoms with E-state index in [-0.39, 0.29) is 5.97 Å². The second-order valence-electron chi connectivity index (χ2n) is 5.80. The molecule has 0 aliphatic carbocycles. The lowest BCUT2D eigenvalue weighted by atomic mass is 10.1. The molecule has 0 spiro atoms. The molecule has 0 N–H and O–H groups in total. The number of benzene rings is 1. The molecule has 1 aromatic heterocycles. The first-order valence-electron chi connectivity index (χ1n) is 8.47. The van der Waals surface area contributed by atoms with Crippen LogP contribution in [0.4, 0.5) is 0 Å². The summed E-state index contributed by atoms with van der Waals surface area (Å²) in [5.74, 6) is 2.35. The zero-order chi connectivity index (χ0) is 18.8. The number of esters is 1. The Balaban J connectivity index is 1.76. The third kappa shape index (κ3) is 6.55. The van der Waals surface area contributed by atoms with E-state index in [2.05, 4.69) is 28.0 Å². The molecule has 1 aromatic carbocycles. The molecule has 0 amide bonds. The van der Waals surface area contributed by atoms with Gasteiger partial charge in [0.2, 0.25) is 0 Å². The number of aryl methyl sites for hydroxylation is 1. The van der Waals surface area contributed by atoms with E-state index in [1.165, 1.54) is 12.7 Å². The summed E-state index contributed by atoms with van der Waals surface area (Å²) in [5.41, 5.74) is 3.18. The molecule has 6 nitrogen and oxygen atoms in total. The molecule has 1 heterocycles. The highest BCUT2D eigenvalue weighted by atomic mass is 32.2. The third-order valence-corrected chi connectivity index (χ3v) is 4.78. The second kappa shape index (κ2) is 10.7. The molecule has 26 heavy (non-hydrogen) atoms. The summed E-state index contributed by atoms with van der Waals surface area (Å²) in [6.45, 7) is 2.90. The van der Waals surface area contributed by atoms with Gasteiger partial charge in [-0.15, -0.1) is 5.10 Å². The van der Waals surface area contributed by atoms with Gasteiger partial charge in [0.15, 0.2) is 0 Å². The number of hydrogen-bond donors (Lipinski definition) is 0. The first-order valence-corrected chi connectivity index (χ1v) is 9.62. The van der Waals surface area contributed by atoms with Crippen LogP contribution in [0.15, 0.2) is 42.1 Å². The number of thioether (sulfide) groups is 1. The van der Waals surface area contributed by atoms with Crippen LogP contribution in [0.2, 0.25) is 0 Å². The predicted octanol–water partition coefficient (Wildman–Crippen LogP) is 3.59. The number of carbonyl (C=O) groups is 1. The van der Waals surface area contributed by atoms with E-state index in [4.69, 9.17) is 4.74 Å². The average molecular weight is 375 g/mol. The molecular weight excluding hydrogens is 350 g/mol. The molecule has 0 bridgehead atoms. The second-order valence-corrected chi connectivity index (χ2v) is 6.95. The van der Waals surface area contributed by atoms with E-state index in [9.17, 15) is 4.79 Å². The first kappa shape index (κ1) is 20.0. The van der Waals surface area contributed by atoms with Gasteiger partial charge in [0.05, 0.1) is 26.8 Å². The fourth-order valence-electron chi connectivity index (χ4n) is 2.24. The Morgan fingerprint density at radius 3 is 2.69 bits per heavy atom. The number of carbonyl (C=O) groups excluding carboxylic acids is 1. The van der Waals surface area contributed by atoms with E-state index >= 15 is 0 Å². The van der Waals surface area contributed by atoms with Crippen molar-refractivity contribution in [3.8, 4) is 17.0 Å². The molecule has 0 radical (unpaired) electrons. The molecule has 0 aliphatic heterocycles. The van der Waals surface area contributed by atoms with Crippen molar-refractivity contribution >= 4 is 17.7 Å². The quantitative estimate of drug-likeness (QED) is 0.359. The summed E-state index contributed by atoms with van der Waals surface area (Å²) < 4.78 is 11.7. The number of methoxy groups -OCH3 is 2. The smallest absolute Gasteiger partial charge is 0.306 e. The van der Waals surface area contributed by atoms with Crippen LogP contribution in [-0.4, -0.2) is 46.7 Å². The van der Waals surface area contributed by atoms with E-state index < -0.39 is 0 Å². The number of nitrogens with zero attached hydrogens (tertiary/aromatic N) is 3. The van der Waals surface area contributed by atoms with E-state index in [0.29, 0.717) is 6.42 Å². The van der Waals surface area contributed by atoms with Gasteiger partial charge >= 0.3 is 5.97 Å². The Bertz CT molecular complexity index is 726. The van der Waals surface area contributed by atoms with Gasteiger partial charge in [-0.25, -0.2) is 0 Å². The Hall–Kier alpha value is -2.28. The summed E-state index contributed by atoms with van der Waals surface area (Å²) in [7, 11) is 3.07. The van der Waals surface area contributed by atoms with Crippen molar-refractivity contribution in [2.75, 3.05) is 25.7 Å². The molecule has 0 fully saturated rings. The Kier molecular flexibility index (Phi) is 8.21. The Labute approximate surface area is 158 Å². The highest BCUT2D eigenvalue weighted by Crippen LogP contribution is 2.20. The van der Waals surface area contributed by atoms with Crippen molar-refractivity contribution in [1.29, 1.82) is 0 Å². The van der Waals surface area contributed by atoms with Gasteiger partial charge in [-0.3, -0.25) is 9.48 Å². The molecule has 140 valence electrons. The summed E-state index contributed by atoms with van der Waals surface area (Å²) in [6, 6.07) is 7.78. The van der Waals surface area contributed by atoms with Crippen LogP contribution >= 0.6 is 11.8 Å². The molecule has 0 aliphatic rings. The molecule has 0 saturated carbocycles. The lowest BCUT2D eigenvalue weighted by Gasteiger charge is -2.02. The summed E-state index contributed by atoms with van der Waals surface area (Å²) >= 11 is 1.73. The number of ether oxygens (including phenoxy) is 2. The van der Waals surface area contributed by atoms with Crippen molar-refractivity contribution in [2.24, 2.45) is 0 Å². The van der Waals surface area contributed by atoms with Crippen LogP contribution in [0, 0.1) is 0 Å². The highest BCUT2D eigenvalue weighted by molar-refractivity contribution is 7.99. The normalized spacial score (nSPS) is 11.4. The van der Waals surface area contributed by atoms with Crippen LogP contribution in [0.3, 0.4) is 0 Å². The monoisotopic (exact) mass is 375 g/mol. The molecule has 0 unspecified atom stereocenters. The largest absolute Gasteiger partial charge is 0.497 e. The highest BCUT2D eigenvalue weighted by Gasteiger charge is 2.04. The summed E-state index contributed by atoms with van der Waals surface area (Å²) in [5, 5.41) is 8.43. The fourth-order valence-corrected chi connectivity index (χ4v) is 3.12. The maximum atomic E-state index is 11.0. The van der Waals surface area contributed by atoms with E-state index in [1.54, 1.807) is 18.9 Å². The number of aromatic nitrogens is 3. The van der Waals surface area contributed by atoms with Crippen molar-refractivity contribution in [1.82, 2.24) is 15.0 Å². The standard InChI is InChI=1S/C19H25N3O3S/c1-15(9-12-26-13-10-19(23)25-3)8-11-22-14-18(20-21-22)16-4-6-17(24-2)7-5-16/h4-7,9,14H,8,10-13H2,1-3H3/b15-9+. The Morgan fingerprint density at radius 2 is 2.00 bits per heavy atom. The molecule has 2 rings (SSSR count). The lowest BCUT2D eigenvalue weighted by molar-refractivity contribution is -0.140. The molecular formula is C19H25N3O3S. The van der Waals surface area contributed by atoms with Gasteiger partial charge in [-0.1, -0.05) is 16.9 Å². The molecule has 7 heteroatoms. The predicted molar refractivity (Wildman–Crippen MR) is 104 cm³/mol. The summed E-state index contributed by atoms with van der Waals surface area (Å²) in [6.07, 6.45) is 5.54. The molecule has 2 aromatic rings. The number of rotatable bonds is 10. The van der Waals surface area contributed by atoms with Gasteiger partial charge in [0, 0.05) is 23.6 Å². The van der Waals surface area contributed by atoms with E-state index in [0.717, 1.165) is 41.5 Å². The van der Waals surface area contributed by atoms with Crippen LogP contribution in [-0.2, 0) is 16.1 Å². The van der Waals surface area contributed by atoms with Crippen LogP contribution in [0.25, 0.3) is 11.3 Å². The minimum Gasteiger partial charge on any atom is -0.497 e. The van der Waals surface area contributed by atoms with Crippen molar-refractivity contribution < 1.29 is 14.3 Å². The van der Waals surface area contributed by atoms with Gasteiger partial charge in [-0.2, -0.15) is 11.8 Å². The fraction of sp³-hybridized carbons (Fsp3) is 0.421. The SMILES string of the molecule is COC(=O)CCSC/C=C(\C)CCn1cc(-c2ccc(OC)cc2)nn1. The van der Waals surface area contributed by atoms with Gasteiger partial charge in [0.25, 0.3) is 0 Å². The topological polar surface area (TPSA) is 66.2 Å². The minimum atomic E-state index is -0.156. The molecule has 0 saturated heterocycles. The summed E-state index contributed by atoms with van der Waals surface area (Å²) in [4.78, 5) is 11.0. The van der Waals surface area contributed by atoms with Crippen LogP contribution < -0.4 is 4.74 Å². The maximum Gasteiger partial charge on any atom is 0.306 e. The zero-order valence-electron chi connectivity index (χ0n) is 15.5. The van der Waals surface area contributed by atoms with Crippen LogP contribution in [0.5, 0.6) is 5.75 Å². The first-order chi connectivity index (χ1) is 12.6. The minimum absolute atomic E-state index is 0.156. The van der Waals surface area contributed by atoms with E-state index in [1.807, 2.05) is 35.1 Å². The van der Waals surface area contributed by atoms with Gasteiger partial charge in [0.1, 0.15) is 11.4 Å². The van der Waals surface area contributed by atoms with Gasteiger partial charge < -0.3 is 9.47 Å². The average Bonchev–Trinajstić information content (AvgIpc) is 3.15. The Morgan fingerprint density at radius 1 is 1.23 bits per heavy atom. The number of allylic oxidation sites excluding steroid dienone is 1. The van der Waals surface area contributed by atoms with Crippen molar-refractivity contribution in [3.05, 3.63) is 42.1 Å². The maximum absolute atomic E-state index is 11.0. The third-order valence-electron chi connectivity index (χ3n) is 3.89. The van der Waals surface area contributed by atoms with Crippen molar-refractivity contribution in [2.45, 2.75) is 26.3 Å². The zero-order valence-corrected chi connectivity index (χ0v) is 16.3.